The average molecular weight is 551 g/mol. The molecule has 2 aromatic carbocycles. The van der Waals surface area contributed by atoms with Gasteiger partial charge in [-0.25, -0.2) is 4.79 Å². The third-order valence-electron chi connectivity index (χ3n) is 7.11. The molecule has 8 heteroatoms. The predicted molar refractivity (Wildman–Crippen MR) is 156 cm³/mol. The predicted octanol–water partition coefficient (Wildman–Crippen LogP) is 5.72. The lowest BCUT2D eigenvalue weighted by Gasteiger charge is -2.32. The molecule has 6 nitrogen and oxygen atoms in total. The summed E-state index contributed by atoms with van der Waals surface area (Å²) in [7, 11) is 1.34. The number of nitrogens with zero attached hydrogens (tertiary/aromatic N) is 2. The number of carbonyl (C=O) groups excluding carboxylic acids is 3. The van der Waals surface area contributed by atoms with Crippen LogP contribution in [0.15, 0.2) is 59.5 Å². The summed E-state index contributed by atoms with van der Waals surface area (Å²) in [5.41, 5.74) is 2.66. The van der Waals surface area contributed by atoms with Crippen LogP contribution < -0.4 is 0 Å². The summed E-state index contributed by atoms with van der Waals surface area (Å²) < 4.78 is 5.28. The van der Waals surface area contributed by atoms with E-state index in [2.05, 4.69) is 24.3 Å². The topological polar surface area (TPSA) is 66.9 Å². The Morgan fingerprint density at radius 3 is 2.42 bits per heavy atom. The first kappa shape index (κ1) is 28.0. The lowest BCUT2D eigenvalue weighted by molar-refractivity contribution is -0.132. The molecule has 200 valence electrons. The largest absolute Gasteiger partial charge is 0.465 e. The van der Waals surface area contributed by atoms with Crippen LogP contribution in [0.25, 0.3) is 6.08 Å². The summed E-state index contributed by atoms with van der Waals surface area (Å²) in [5.74, 6) is 0.411. The molecule has 2 saturated heterocycles. The SMILES string of the molecule is COC(=O)c1ccc(C=C2SC(=S)N(CCCCCC(=O)N3CCC(Cc4ccccc4)CC3)C2=O)cc1. The molecular formula is C30H34N2O4S2. The molecule has 2 aromatic rings. The van der Waals surface area contributed by atoms with Crippen molar-refractivity contribution in [3.63, 3.8) is 0 Å². The molecule has 2 heterocycles. The van der Waals surface area contributed by atoms with E-state index in [-0.39, 0.29) is 11.8 Å². The van der Waals surface area contributed by atoms with Crippen molar-refractivity contribution >= 4 is 52.2 Å². The maximum Gasteiger partial charge on any atom is 0.337 e. The number of thioether (sulfide) groups is 1. The van der Waals surface area contributed by atoms with Crippen molar-refractivity contribution in [2.75, 3.05) is 26.7 Å². The molecule has 0 bridgehead atoms. The minimum atomic E-state index is -0.395. The number of likely N-dealkylation sites (tertiary alicyclic amines) is 1. The zero-order valence-corrected chi connectivity index (χ0v) is 23.4. The lowest BCUT2D eigenvalue weighted by Crippen LogP contribution is -2.38. The van der Waals surface area contributed by atoms with Gasteiger partial charge in [0.1, 0.15) is 4.32 Å². The van der Waals surface area contributed by atoms with Gasteiger partial charge < -0.3 is 9.64 Å². The molecule has 0 unspecified atom stereocenters. The summed E-state index contributed by atoms with van der Waals surface area (Å²) in [4.78, 5) is 41.4. The number of thiocarbonyl (C=S) groups is 1. The van der Waals surface area contributed by atoms with Crippen LogP contribution in [0.3, 0.4) is 0 Å². The van der Waals surface area contributed by atoms with E-state index in [1.165, 1.54) is 24.4 Å². The molecule has 2 aliphatic rings. The molecule has 4 rings (SSSR count). The number of benzene rings is 2. The molecule has 38 heavy (non-hydrogen) atoms. The lowest BCUT2D eigenvalue weighted by atomic mass is 9.90. The summed E-state index contributed by atoms with van der Waals surface area (Å²) >= 11 is 6.74. The highest BCUT2D eigenvalue weighted by Crippen LogP contribution is 2.33. The number of unbranched alkanes of at least 4 members (excludes halogenated alkanes) is 2. The van der Waals surface area contributed by atoms with Gasteiger partial charge in [0.2, 0.25) is 5.91 Å². The van der Waals surface area contributed by atoms with Gasteiger partial charge in [-0.05, 0) is 67.4 Å². The molecule has 0 N–H and O–H groups in total. The summed E-state index contributed by atoms with van der Waals surface area (Å²) in [6, 6.07) is 17.5. The third kappa shape index (κ3) is 7.54. The Labute approximate surface area is 234 Å². The second-order valence-electron chi connectivity index (χ2n) is 9.77. The highest BCUT2D eigenvalue weighted by molar-refractivity contribution is 8.26. The highest BCUT2D eigenvalue weighted by Gasteiger charge is 2.31. The first-order chi connectivity index (χ1) is 18.4. The van der Waals surface area contributed by atoms with E-state index in [1.807, 2.05) is 11.0 Å². The quantitative estimate of drug-likeness (QED) is 0.163. The average Bonchev–Trinajstić information content (AvgIpc) is 3.21. The molecule has 0 spiro atoms. The summed E-state index contributed by atoms with van der Waals surface area (Å²) in [5, 5.41) is 0. The van der Waals surface area contributed by atoms with Crippen LogP contribution in [0.2, 0.25) is 0 Å². The minimum Gasteiger partial charge on any atom is -0.465 e. The van der Waals surface area contributed by atoms with Gasteiger partial charge in [0.05, 0.1) is 17.6 Å². The van der Waals surface area contributed by atoms with Crippen LogP contribution >= 0.6 is 24.0 Å². The number of methoxy groups -OCH3 is 1. The van der Waals surface area contributed by atoms with Gasteiger partial charge in [-0.3, -0.25) is 14.5 Å². The molecule has 0 aromatic heterocycles. The second kappa shape index (κ2) is 13.7. The van der Waals surface area contributed by atoms with E-state index in [4.69, 9.17) is 17.0 Å². The number of piperidine rings is 1. The molecule has 2 fully saturated rings. The van der Waals surface area contributed by atoms with Crippen LogP contribution in [0.5, 0.6) is 0 Å². The van der Waals surface area contributed by atoms with E-state index in [0.29, 0.717) is 33.7 Å². The maximum absolute atomic E-state index is 12.9. The molecule has 0 saturated carbocycles. The number of carbonyl (C=O) groups is 3. The van der Waals surface area contributed by atoms with Crippen molar-refractivity contribution in [3.05, 3.63) is 76.2 Å². The number of hydrogen-bond donors (Lipinski definition) is 0. The number of hydrogen-bond acceptors (Lipinski definition) is 6. The Morgan fingerprint density at radius 1 is 1.03 bits per heavy atom. The van der Waals surface area contributed by atoms with Gasteiger partial charge >= 0.3 is 5.97 Å². The van der Waals surface area contributed by atoms with Crippen LogP contribution in [0, 0.1) is 5.92 Å². The van der Waals surface area contributed by atoms with Crippen molar-refractivity contribution in [1.82, 2.24) is 9.80 Å². The summed E-state index contributed by atoms with van der Waals surface area (Å²) in [6.45, 7) is 2.26. The third-order valence-corrected chi connectivity index (χ3v) is 8.49. The van der Waals surface area contributed by atoms with E-state index in [9.17, 15) is 14.4 Å². The van der Waals surface area contributed by atoms with Crippen LogP contribution in [0.1, 0.15) is 60.0 Å². The van der Waals surface area contributed by atoms with Gasteiger partial charge in [-0.1, -0.05) is 72.9 Å². The fourth-order valence-electron chi connectivity index (χ4n) is 4.89. The van der Waals surface area contributed by atoms with E-state index < -0.39 is 5.97 Å². The van der Waals surface area contributed by atoms with Gasteiger partial charge in [-0.15, -0.1) is 0 Å². The molecular weight excluding hydrogens is 516 g/mol. The van der Waals surface area contributed by atoms with E-state index >= 15 is 0 Å². The molecule has 0 radical (unpaired) electrons. The Hall–Kier alpha value is -2.97. The molecule has 2 aliphatic heterocycles. The first-order valence-electron chi connectivity index (χ1n) is 13.2. The zero-order chi connectivity index (χ0) is 26.9. The van der Waals surface area contributed by atoms with Gasteiger partial charge in [0, 0.05) is 26.1 Å². The zero-order valence-electron chi connectivity index (χ0n) is 21.8. The van der Waals surface area contributed by atoms with Crippen molar-refractivity contribution in [3.8, 4) is 0 Å². The van der Waals surface area contributed by atoms with Crippen molar-refractivity contribution in [2.24, 2.45) is 5.92 Å². The fourth-order valence-corrected chi connectivity index (χ4v) is 6.20. The number of ether oxygens (including phenoxy) is 1. The van der Waals surface area contributed by atoms with Crippen molar-refractivity contribution < 1.29 is 19.1 Å². The Balaban J connectivity index is 1.15. The normalized spacial score (nSPS) is 17.3. The Kier molecular flexibility index (Phi) is 10.1. The van der Waals surface area contributed by atoms with Gasteiger partial charge in [-0.2, -0.15) is 0 Å². The summed E-state index contributed by atoms with van der Waals surface area (Å²) in [6.07, 6.45) is 8.08. The number of esters is 1. The van der Waals surface area contributed by atoms with Crippen LogP contribution in [-0.4, -0.2) is 58.6 Å². The number of rotatable bonds is 10. The smallest absolute Gasteiger partial charge is 0.337 e. The monoisotopic (exact) mass is 550 g/mol. The Bertz CT molecular complexity index is 1170. The van der Waals surface area contributed by atoms with E-state index in [0.717, 1.165) is 57.2 Å². The highest BCUT2D eigenvalue weighted by atomic mass is 32.2. The van der Waals surface area contributed by atoms with Crippen LogP contribution in [-0.2, 0) is 20.7 Å². The van der Waals surface area contributed by atoms with Gasteiger partial charge in [0.25, 0.3) is 5.91 Å². The maximum atomic E-state index is 12.9. The second-order valence-corrected chi connectivity index (χ2v) is 11.4. The van der Waals surface area contributed by atoms with Gasteiger partial charge in [0.15, 0.2) is 0 Å². The van der Waals surface area contributed by atoms with Crippen LogP contribution in [0.4, 0.5) is 0 Å². The van der Waals surface area contributed by atoms with Crippen molar-refractivity contribution in [1.29, 1.82) is 0 Å². The fraction of sp³-hybridized carbons (Fsp3) is 0.400. The number of amides is 2. The van der Waals surface area contributed by atoms with E-state index in [1.54, 1.807) is 35.2 Å². The minimum absolute atomic E-state index is 0.0912. The molecule has 0 aliphatic carbocycles. The standard InChI is InChI=1S/C30H34N2O4S2/c1-36-29(35)25-13-11-23(12-14-25)21-26-28(34)32(30(37)38-26)17-7-3-6-10-27(33)31-18-15-24(16-19-31)20-22-8-4-2-5-9-22/h2,4-5,8-9,11-14,21,24H,3,6-7,10,15-20H2,1H3. The first-order valence-corrected chi connectivity index (χ1v) is 14.4. The van der Waals surface area contributed by atoms with Crippen molar-refractivity contribution in [2.45, 2.75) is 44.9 Å². The Morgan fingerprint density at radius 2 is 1.74 bits per heavy atom. The molecule has 0 atom stereocenters. The molecule has 2 amide bonds.